The van der Waals surface area contributed by atoms with Gasteiger partial charge in [0.25, 0.3) is 0 Å². The minimum Gasteiger partial charge on any atom is -0.314 e. The van der Waals surface area contributed by atoms with Crippen molar-refractivity contribution in [1.82, 2.24) is 10.2 Å². The first-order valence-corrected chi connectivity index (χ1v) is 6.70. The van der Waals surface area contributed by atoms with Crippen LogP contribution in [0.3, 0.4) is 0 Å². The van der Waals surface area contributed by atoms with Crippen LogP contribution in [0.15, 0.2) is 24.3 Å². The molecule has 2 rings (SSSR count). The Hall–Kier alpha value is -0.850. The van der Waals surface area contributed by atoms with Gasteiger partial charge >= 0.3 is 6.18 Å². The molecule has 0 spiro atoms. The van der Waals surface area contributed by atoms with Gasteiger partial charge in [0.1, 0.15) is 0 Å². The Labute approximate surface area is 127 Å². The third kappa shape index (κ3) is 4.83. The maximum absolute atomic E-state index is 12.7. The third-order valence-corrected chi connectivity index (χ3v) is 3.60. The lowest BCUT2D eigenvalue weighted by atomic mass is 10.00. The first-order valence-electron chi connectivity index (χ1n) is 6.70. The van der Waals surface area contributed by atoms with E-state index in [1.165, 1.54) is 12.1 Å². The van der Waals surface area contributed by atoms with E-state index in [0.717, 1.165) is 43.9 Å². The van der Waals surface area contributed by atoms with Crippen LogP contribution in [0.25, 0.3) is 0 Å². The summed E-state index contributed by atoms with van der Waals surface area (Å²) in [5.74, 6) is 0. The predicted molar refractivity (Wildman–Crippen MR) is 76.5 cm³/mol. The summed E-state index contributed by atoms with van der Waals surface area (Å²) in [5, 5.41) is 3.21. The maximum atomic E-state index is 12.7. The van der Waals surface area contributed by atoms with Gasteiger partial charge < -0.3 is 5.32 Å². The van der Waals surface area contributed by atoms with Crippen LogP contribution >= 0.6 is 12.4 Å². The number of hydrogen-bond donors (Lipinski definition) is 1. The van der Waals surface area contributed by atoms with Crippen molar-refractivity contribution in [2.24, 2.45) is 0 Å². The molecule has 1 aromatic rings. The summed E-state index contributed by atoms with van der Waals surface area (Å²) in [6.45, 7) is 2.74. The van der Waals surface area contributed by atoms with Crippen LogP contribution < -0.4 is 5.32 Å². The summed E-state index contributed by atoms with van der Waals surface area (Å²) >= 11 is 0. The molecule has 1 saturated heterocycles. The molecule has 1 N–H and O–H groups in total. The Morgan fingerprint density at radius 2 is 1.67 bits per heavy atom. The molecule has 0 aromatic heterocycles. The van der Waals surface area contributed by atoms with Crippen molar-refractivity contribution in [2.45, 2.75) is 18.6 Å². The van der Waals surface area contributed by atoms with Crippen molar-refractivity contribution in [3.8, 4) is 0 Å². The van der Waals surface area contributed by atoms with Crippen LogP contribution in [0.4, 0.5) is 17.6 Å². The van der Waals surface area contributed by atoms with Gasteiger partial charge in [0, 0.05) is 32.2 Å². The molecule has 1 heterocycles. The number of rotatable bonds is 4. The molecule has 0 aliphatic carbocycles. The molecule has 7 heteroatoms. The minimum absolute atomic E-state index is 0. The molecule has 0 radical (unpaired) electrons. The summed E-state index contributed by atoms with van der Waals surface area (Å²) < 4.78 is 50.4. The van der Waals surface area contributed by atoms with Gasteiger partial charge in [-0.05, 0) is 24.1 Å². The molecule has 1 aliphatic heterocycles. The molecule has 1 aromatic carbocycles. The number of hydrogen-bond acceptors (Lipinski definition) is 2. The molecule has 1 aliphatic rings. The molecule has 0 bridgehead atoms. The van der Waals surface area contributed by atoms with Crippen LogP contribution in [0.1, 0.15) is 23.6 Å². The van der Waals surface area contributed by atoms with Crippen molar-refractivity contribution in [1.29, 1.82) is 0 Å². The Kier molecular flexibility index (Phi) is 6.90. The van der Waals surface area contributed by atoms with Crippen LogP contribution in [-0.4, -0.2) is 37.8 Å². The number of piperazine rings is 1. The lowest BCUT2D eigenvalue weighted by Gasteiger charge is -2.35. The summed E-state index contributed by atoms with van der Waals surface area (Å²) in [5.41, 5.74) is 0.0816. The Balaban J connectivity index is 0.00000220. The predicted octanol–water partition coefficient (Wildman–Crippen LogP) is 3.43. The van der Waals surface area contributed by atoms with Crippen molar-refractivity contribution >= 4 is 12.4 Å². The highest BCUT2D eigenvalue weighted by Crippen LogP contribution is 2.31. The number of benzene rings is 1. The van der Waals surface area contributed by atoms with E-state index in [4.69, 9.17) is 0 Å². The van der Waals surface area contributed by atoms with Crippen LogP contribution in [0, 0.1) is 0 Å². The normalized spacial score (nSPS) is 18.1. The van der Waals surface area contributed by atoms with Gasteiger partial charge in [0.15, 0.2) is 0 Å². The fraction of sp³-hybridized carbons (Fsp3) is 0.571. The van der Waals surface area contributed by atoms with Gasteiger partial charge in [0.05, 0.1) is 12.2 Å². The quantitative estimate of drug-likeness (QED) is 0.853. The topological polar surface area (TPSA) is 15.3 Å². The van der Waals surface area contributed by atoms with E-state index in [-0.39, 0.29) is 18.4 Å². The number of halogens is 5. The maximum Gasteiger partial charge on any atom is 0.416 e. The van der Waals surface area contributed by atoms with E-state index in [2.05, 4.69) is 10.2 Å². The first-order chi connectivity index (χ1) is 9.52. The zero-order chi connectivity index (χ0) is 14.6. The standard InChI is InChI=1S/C14H18F4N2.ClH/c15-6-5-13(20-9-7-19-8-10-20)11-1-3-12(4-2-11)14(16,17)18;/h1-4,13,19H,5-10H2;1H/t13-;/m1./s1. The summed E-state index contributed by atoms with van der Waals surface area (Å²) in [4.78, 5) is 2.12. The molecule has 0 amide bonds. The average molecular weight is 327 g/mol. The fourth-order valence-corrected chi connectivity index (χ4v) is 2.55. The molecular weight excluding hydrogens is 308 g/mol. The smallest absolute Gasteiger partial charge is 0.314 e. The lowest BCUT2D eigenvalue weighted by molar-refractivity contribution is -0.137. The second-order valence-corrected chi connectivity index (χ2v) is 4.90. The number of nitrogens with one attached hydrogen (secondary N) is 1. The van der Waals surface area contributed by atoms with E-state index in [9.17, 15) is 17.6 Å². The molecule has 120 valence electrons. The Bertz CT molecular complexity index is 416. The largest absolute Gasteiger partial charge is 0.416 e. The molecular formula is C14H19ClF4N2. The van der Waals surface area contributed by atoms with E-state index >= 15 is 0 Å². The number of alkyl halides is 4. The summed E-state index contributed by atoms with van der Waals surface area (Å²) in [6, 6.07) is 4.92. The number of nitrogens with zero attached hydrogens (tertiary/aromatic N) is 1. The molecule has 1 fully saturated rings. The van der Waals surface area contributed by atoms with Crippen LogP contribution in [-0.2, 0) is 6.18 Å². The van der Waals surface area contributed by atoms with Gasteiger partial charge in [-0.15, -0.1) is 12.4 Å². The van der Waals surface area contributed by atoms with Gasteiger partial charge in [0.2, 0.25) is 0 Å². The SMILES string of the molecule is Cl.FCC[C@H](c1ccc(C(F)(F)F)cc1)N1CCNCC1. The first kappa shape index (κ1) is 18.2. The molecule has 2 nitrogen and oxygen atoms in total. The second kappa shape index (κ2) is 7.96. The summed E-state index contributed by atoms with van der Waals surface area (Å²) in [6.07, 6.45) is -4.02. The van der Waals surface area contributed by atoms with E-state index in [1.807, 2.05) is 0 Å². The summed E-state index contributed by atoms with van der Waals surface area (Å²) in [7, 11) is 0. The van der Waals surface area contributed by atoms with E-state index < -0.39 is 18.4 Å². The Morgan fingerprint density at radius 1 is 1.10 bits per heavy atom. The zero-order valence-corrected chi connectivity index (χ0v) is 12.3. The third-order valence-electron chi connectivity index (χ3n) is 3.60. The highest BCUT2D eigenvalue weighted by atomic mass is 35.5. The monoisotopic (exact) mass is 326 g/mol. The average Bonchev–Trinajstić information content (AvgIpc) is 2.45. The van der Waals surface area contributed by atoms with Crippen LogP contribution in [0.2, 0.25) is 0 Å². The molecule has 21 heavy (non-hydrogen) atoms. The van der Waals surface area contributed by atoms with Gasteiger partial charge in [-0.25, -0.2) is 0 Å². The molecule has 0 unspecified atom stereocenters. The van der Waals surface area contributed by atoms with Gasteiger partial charge in [-0.2, -0.15) is 13.2 Å². The Morgan fingerprint density at radius 3 is 2.14 bits per heavy atom. The van der Waals surface area contributed by atoms with Gasteiger partial charge in [-0.1, -0.05) is 12.1 Å². The van der Waals surface area contributed by atoms with Crippen molar-refractivity contribution in [2.75, 3.05) is 32.9 Å². The van der Waals surface area contributed by atoms with Gasteiger partial charge in [-0.3, -0.25) is 9.29 Å². The van der Waals surface area contributed by atoms with E-state index in [0.29, 0.717) is 6.42 Å². The minimum atomic E-state index is -4.33. The highest BCUT2D eigenvalue weighted by molar-refractivity contribution is 5.85. The van der Waals surface area contributed by atoms with Crippen molar-refractivity contribution in [3.63, 3.8) is 0 Å². The molecule has 1 atom stereocenters. The lowest BCUT2D eigenvalue weighted by Crippen LogP contribution is -2.45. The molecule has 0 saturated carbocycles. The highest BCUT2D eigenvalue weighted by Gasteiger charge is 2.30. The second-order valence-electron chi connectivity index (χ2n) is 4.90. The van der Waals surface area contributed by atoms with Crippen LogP contribution in [0.5, 0.6) is 0 Å². The van der Waals surface area contributed by atoms with Crippen molar-refractivity contribution < 1.29 is 17.6 Å². The van der Waals surface area contributed by atoms with Crippen molar-refractivity contribution in [3.05, 3.63) is 35.4 Å². The zero-order valence-electron chi connectivity index (χ0n) is 11.5. The van der Waals surface area contributed by atoms with E-state index in [1.54, 1.807) is 0 Å². The fourth-order valence-electron chi connectivity index (χ4n) is 2.55.